The largest absolute Gasteiger partial charge is 0.756 e. The van der Waals surface area contributed by atoms with Crippen molar-refractivity contribution in [3.8, 4) is 0 Å². The lowest BCUT2D eigenvalue weighted by Crippen LogP contribution is -2.46. The average molecular weight is 1060 g/mol. The highest BCUT2D eigenvalue weighted by Crippen LogP contribution is 2.38. The Bertz CT molecular complexity index is 1390. The van der Waals surface area contributed by atoms with Gasteiger partial charge in [-0.1, -0.05) is 293 Å². The van der Waals surface area contributed by atoms with Gasteiger partial charge in [-0.2, -0.15) is 0 Å². The van der Waals surface area contributed by atoms with Crippen molar-refractivity contribution in [1.82, 2.24) is 5.32 Å². The van der Waals surface area contributed by atoms with E-state index in [1.807, 2.05) is 21.1 Å². The number of carbonyl (C=O) groups is 1. The highest BCUT2D eigenvalue weighted by Gasteiger charge is 2.24. The summed E-state index contributed by atoms with van der Waals surface area (Å²) in [5.41, 5.74) is 0. The first-order valence-corrected chi connectivity index (χ1v) is 33.1. The van der Waals surface area contributed by atoms with E-state index in [2.05, 4.69) is 79.9 Å². The van der Waals surface area contributed by atoms with E-state index in [1.165, 1.54) is 199 Å². The molecule has 1 amide bonds. The Kier molecular flexibility index (Phi) is 54.6. The third-order valence-electron chi connectivity index (χ3n) is 14.3. The van der Waals surface area contributed by atoms with Gasteiger partial charge in [-0.15, -0.1) is 0 Å². The second kappa shape index (κ2) is 55.9. The predicted molar refractivity (Wildman–Crippen MR) is 321 cm³/mol. The molecule has 0 fully saturated rings. The lowest BCUT2D eigenvalue weighted by molar-refractivity contribution is -0.870. The molecule has 0 aromatic heterocycles. The number of phosphoric acid groups is 1. The van der Waals surface area contributed by atoms with Gasteiger partial charge in [0.2, 0.25) is 5.91 Å². The number of likely N-dealkylation sites (N-methyl/N-ethyl adjacent to an activating group) is 1. The number of hydrogen-bond donors (Lipinski definition) is 2. The molecule has 3 unspecified atom stereocenters. The number of nitrogens with zero attached hydrogens (tertiary/aromatic N) is 1. The van der Waals surface area contributed by atoms with Crippen molar-refractivity contribution >= 4 is 13.7 Å². The lowest BCUT2D eigenvalue weighted by Gasteiger charge is -2.30. The summed E-state index contributed by atoms with van der Waals surface area (Å²) in [5, 5.41) is 14.0. The quantitative estimate of drug-likeness (QED) is 0.0272. The fourth-order valence-electron chi connectivity index (χ4n) is 9.36. The van der Waals surface area contributed by atoms with Crippen LogP contribution in [0.25, 0.3) is 0 Å². The maximum Gasteiger partial charge on any atom is 0.268 e. The molecule has 2 N–H and O–H groups in total. The third-order valence-corrected chi connectivity index (χ3v) is 15.2. The average Bonchev–Trinajstić information content (AvgIpc) is 3.36. The first-order chi connectivity index (χ1) is 36.0. The van der Waals surface area contributed by atoms with Crippen LogP contribution in [0.4, 0.5) is 0 Å². The minimum absolute atomic E-state index is 0.0133. The third kappa shape index (κ3) is 57.9. The number of quaternary nitrogens is 1. The van der Waals surface area contributed by atoms with E-state index in [-0.39, 0.29) is 19.1 Å². The number of aliphatic hydroxyl groups excluding tert-OH is 1. The van der Waals surface area contributed by atoms with E-state index in [1.54, 1.807) is 0 Å². The maximum absolute atomic E-state index is 13.0. The summed E-state index contributed by atoms with van der Waals surface area (Å²) in [7, 11) is 1.31. The molecule has 0 aromatic carbocycles. The molecule has 434 valence electrons. The Labute approximate surface area is 460 Å². The van der Waals surface area contributed by atoms with Crippen LogP contribution in [0.2, 0.25) is 0 Å². The normalized spacial score (nSPS) is 14.2. The summed E-state index contributed by atoms with van der Waals surface area (Å²) in [4.78, 5) is 25.5. The van der Waals surface area contributed by atoms with Crippen LogP contribution in [0, 0.1) is 0 Å². The minimum Gasteiger partial charge on any atom is -0.756 e. The molecule has 0 saturated carbocycles. The van der Waals surface area contributed by atoms with E-state index in [9.17, 15) is 19.4 Å². The number of unbranched alkanes of at least 4 members (excludes halogenated alkanes) is 35. The van der Waals surface area contributed by atoms with E-state index in [0.29, 0.717) is 23.9 Å². The van der Waals surface area contributed by atoms with Crippen LogP contribution in [-0.4, -0.2) is 68.5 Å². The van der Waals surface area contributed by atoms with Crippen LogP contribution in [0.1, 0.15) is 296 Å². The van der Waals surface area contributed by atoms with E-state index in [0.717, 1.165) is 70.6 Å². The van der Waals surface area contributed by atoms with Crippen LogP contribution in [-0.2, 0) is 18.4 Å². The Morgan fingerprint density at radius 3 is 1.20 bits per heavy atom. The Hall–Kier alpha value is -1.80. The zero-order valence-electron chi connectivity index (χ0n) is 49.5. The predicted octanol–water partition coefficient (Wildman–Crippen LogP) is 19.0. The van der Waals surface area contributed by atoms with E-state index in [4.69, 9.17) is 9.05 Å². The molecule has 3 atom stereocenters. The molecule has 0 spiro atoms. The van der Waals surface area contributed by atoms with Gasteiger partial charge in [0, 0.05) is 6.42 Å². The fraction of sp³-hybridized carbons (Fsp3) is 0.831. The molecule has 0 aliphatic carbocycles. The molecule has 0 radical (unpaired) electrons. The van der Waals surface area contributed by atoms with Crippen LogP contribution in [0.5, 0.6) is 0 Å². The highest BCUT2D eigenvalue weighted by molar-refractivity contribution is 7.45. The van der Waals surface area contributed by atoms with Gasteiger partial charge in [-0.3, -0.25) is 9.36 Å². The number of hydrogen-bond acceptors (Lipinski definition) is 6. The summed E-state index contributed by atoms with van der Waals surface area (Å²) in [5.74, 6) is -0.161. The van der Waals surface area contributed by atoms with Crippen molar-refractivity contribution in [2.24, 2.45) is 0 Å². The number of nitrogens with one attached hydrogen (secondary N) is 1. The van der Waals surface area contributed by atoms with E-state index >= 15 is 0 Å². The molecular weight excluding hydrogens is 936 g/mol. The first kappa shape index (κ1) is 72.2. The number of rotatable bonds is 58. The van der Waals surface area contributed by atoms with Crippen molar-refractivity contribution in [3.05, 3.63) is 60.8 Å². The highest BCUT2D eigenvalue weighted by atomic mass is 31.2. The van der Waals surface area contributed by atoms with Crippen molar-refractivity contribution in [3.63, 3.8) is 0 Å². The standard InChI is InChI=1S/C65H123N2O6P/c1-6-8-10-12-14-16-18-20-21-22-23-24-25-26-27-28-29-30-31-32-33-34-35-36-37-38-39-40-41-42-43-44-45-47-49-51-53-55-57-59-65(69)66-63(62-73-74(70,71)72-61-60-67(3,4)5)64(68)58-56-54-52-50-48-46-19-17-15-13-11-9-7-2/h8,10,14,16,20-21,23-24,26-27,63-64,68H,6-7,9,11-13,15,17-19,22,25,28-62H2,1-5H3,(H-,66,69,70,71)/b10-8-,16-14-,21-20-,24-23-,27-26-. The Morgan fingerprint density at radius 1 is 0.486 bits per heavy atom. The molecule has 8 nitrogen and oxygen atoms in total. The van der Waals surface area contributed by atoms with Gasteiger partial charge in [0.05, 0.1) is 39.9 Å². The number of allylic oxidation sites excluding steroid dienone is 10. The molecule has 0 saturated heterocycles. The fourth-order valence-corrected chi connectivity index (χ4v) is 10.1. The molecule has 0 bridgehead atoms. The van der Waals surface area contributed by atoms with Crippen LogP contribution >= 0.6 is 7.82 Å². The van der Waals surface area contributed by atoms with Gasteiger partial charge in [0.15, 0.2) is 0 Å². The molecule has 0 aromatic rings. The smallest absolute Gasteiger partial charge is 0.268 e. The number of aliphatic hydroxyl groups is 1. The van der Waals surface area contributed by atoms with E-state index < -0.39 is 20.0 Å². The number of amides is 1. The molecule has 0 rings (SSSR count). The van der Waals surface area contributed by atoms with Crippen LogP contribution in [0.3, 0.4) is 0 Å². The summed E-state index contributed by atoms with van der Waals surface area (Å²) >= 11 is 0. The number of carbonyl (C=O) groups excluding carboxylic acids is 1. The van der Waals surface area contributed by atoms with Crippen LogP contribution in [0.15, 0.2) is 60.8 Å². The summed E-state index contributed by atoms with van der Waals surface area (Å²) < 4.78 is 23.4. The van der Waals surface area contributed by atoms with Gasteiger partial charge in [-0.05, 0) is 57.8 Å². The number of phosphoric ester groups is 1. The second-order valence-corrected chi connectivity index (χ2v) is 24.2. The Morgan fingerprint density at radius 2 is 0.824 bits per heavy atom. The van der Waals surface area contributed by atoms with Gasteiger partial charge in [-0.25, -0.2) is 0 Å². The lowest BCUT2D eigenvalue weighted by atomic mass is 10.0. The SMILES string of the molecule is CC/C=C\C/C=C\C/C=C\C/C=C\C/C=C\CCCCCCCCCCCCCCCCCCCCCCCCCC(=O)NC(COP(=O)([O-])OCC[N+](C)(C)C)C(O)CCCCCCCCCCCCCCC. The monoisotopic (exact) mass is 1060 g/mol. The second-order valence-electron chi connectivity index (χ2n) is 22.7. The zero-order chi connectivity index (χ0) is 54.2. The van der Waals surface area contributed by atoms with Gasteiger partial charge < -0.3 is 28.8 Å². The molecule has 74 heavy (non-hydrogen) atoms. The summed E-state index contributed by atoms with van der Waals surface area (Å²) in [6.45, 7) is 4.63. The molecule has 0 aliphatic heterocycles. The van der Waals surface area contributed by atoms with Crippen molar-refractivity contribution < 1.29 is 32.9 Å². The van der Waals surface area contributed by atoms with Gasteiger partial charge in [0.25, 0.3) is 7.82 Å². The van der Waals surface area contributed by atoms with Gasteiger partial charge >= 0.3 is 0 Å². The Balaban J connectivity index is 3.87. The maximum atomic E-state index is 13.0. The molecule has 9 heteroatoms. The first-order valence-electron chi connectivity index (χ1n) is 31.6. The summed E-state index contributed by atoms with van der Waals surface area (Å²) in [6.07, 6.45) is 75.7. The van der Waals surface area contributed by atoms with Crippen molar-refractivity contribution in [2.75, 3.05) is 40.9 Å². The molecule has 0 aliphatic rings. The van der Waals surface area contributed by atoms with Gasteiger partial charge in [0.1, 0.15) is 13.2 Å². The molecule has 0 heterocycles. The van der Waals surface area contributed by atoms with Crippen molar-refractivity contribution in [1.29, 1.82) is 0 Å². The molecular formula is C65H123N2O6P. The topological polar surface area (TPSA) is 108 Å². The summed E-state index contributed by atoms with van der Waals surface area (Å²) in [6, 6.07) is -0.799. The minimum atomic E-state index is -4.57. The van der Waals surface area contributed by atoms with Crippen LogP contribution < -0.4 is 10.2 Å². The van der Waals surface area contributed by atoms with Crippen molar-refractivity contribution in [2.45, 2.75) is 309 Å². The zero-order valence-corrected chi connectivity index (χ0v) is 50.4.